The summed E-state index contributed by atoms with van der Waals surface area (Å²) in [5.74, 6) is 5.13. The number of nitrogens with two attached hydrogens (primary N) is 1. The minimum absolute atomic E-state index is 0.451. The molecule has 0 aliphatic heterocycles. The monoisotopic (exact) mass is 274 g/mol. The van der Waals surface area contributed by atoms with E-state index in [4.69, 9.17) is 46.6 Å². The van der Waals surface area contributed by atoms with Crippen LogP contribution in [0.5, 0.6) is 0 Å². The molecular formula is C6H8Cl2N2O4S. The summed E-state index contributed by atoms with van der Waals surface area (Å²) in [6.07, 6.45) is 0. The molecule has 5 N–H and O–H groups in total. The summed E-state index contributed by atoms with van der Waals surface area (Å²) in [5.41, 5.74) is 3.05. The van der Waals surface area contributed by atoms with E-state index >= 15 is 0 Å². The molecule has 9 heteroatoms. The molecule has 86 valence electrons. The van der Waals surface area contributed by atoms with Crippen molar-refractivity contribution in [2.24, 2.45) is 5.84 Å². The van der Waals surface area contributed by atoms with Gasteiger partial charge in [-0.05, 0) is 12.1 Å². The highest BCUT2D eigenvalue weighted by Crippen LogP contribution is 2.28. The number of hydrogen-bond donors (Lipinski definition) is 4. The molecule has 1 aromatic rings. The van der Waals surface area contributed by atoms with E-state index in [9.17, 15) is 0 Å². The smallest absolute Gasteiger partial charge is 0.323 e. The first-order chi connectivity index (χ1) is 6.75. The van der Waals surface area contributed by atoms with Crippen LogP contribution in [0.25, 0.3) is 0 Å². The lowest BCUT2D eigenvalue weighted by molar-refractivity contribution is 0.381. The van der Waals surface area contributed by atoms with Gasteiger partial charge in [0.15, 0.2) is 0 Å². The molecule has 0 spiro atoms. The van der Waals surface area contributed by atoms with E-state index in [0.29, 0.717) is 15.7 Å². The SMILES string of the molecule is NNc1cccc(Cl)c1Cl.O=S(=O)(O)O. The molecule has 0 amide bonds. The van der Waals surface area contributed by atoms with Crippen molar-refractivity contribution in [3.63, 3.8) is 0 Å². The Balaban J connectivity index is 0.000000336. The Morgan fingerprint density at radius 3 is 2.07 bits per heavy atom. The number of rotatable bonds is 1. The van der Waals surface area contributed by atoms with Gasteiger partial charge in [-0.25, -0.2) is 0 Å². The predicted octanol–water partition coefficient (Wildman–Crippen LogP) is 1.63. The van der Waals surface area contributed by atoms with Crippen LogP contribution in [-0.4, -0.2) is 17.5 Å². The molecule has 0 aromatic heterocycles. The molecule has 0 bridgehead atoms. The van der Waals surface area contributed by atoms with E-state index in [1.54, 1.807) is 18.2 Å². The molecule has 0 atom stereocenters. The van der Waals surface area contributed by atoms with Crippen LogP contribution in [0.3, 0.4) is 0 Å². The van der Waals surface area contributed by atoms with Crippen LogP contribution < -0.4 is 11.3 Å². The molecule has 0 aliphatic rings. The van der Waals surface area contributed by atoms with Gasteiger partial charge in [-0.3, -0.25) is 14.9 Å². The molecule has 0 heterocycles. The van der Waals surface area contributed by atoms with Gasteiger partial charge in [0.25, 0.3) is 0 Å². The molecular weight excluding hydrogens is 267 g/mol. The maximum atomic E-state index is 8.74. The second-order valence-electron chi connectivity index (χ2n) is 2.19. The molecule has 6 nitrogen and oxygen atoms in total. The Labute approximate surface area is 96.5 Å². The van der Waals surface area contributed by atoms with Gasteiger partial charge >= 0.3 is 10.4 Å². The number of halogens is 2. The molecule has 0 saturated carbocycles. The van der Waals surface area contributed by atoms with E-state index < -0.39 is 10.4 Å². The van der Waals surface area contributed by atoms with Crippen molar-refractivity contribution in [3.8, 4) is 0 Å². The summed E-state index contributed by atoms with van der Waals surface area (Å²) in [6, 6.07) is 5.21. The lowest BCUT2D eigenvalue weighted by atomic mass is 10.3. The van der Waals surface area contributed by atoms with Crippen molar-refractivity contribution in [3.05, 3.63) is 28.2 Å². The fourth-order valence-electron chi connectivity index (χ4n) is 0.615. The maximum absolute atomic E-state index is 8.74. The van der Waals surface area contributed by atoms with Gasteiger partial charge in [-0.2, -0.15) is 8.42 Å². The molecule has 1 rings (SSSR count). The molecule has 0 saturated heterocycles. The Morgan fingerprint density at radius 2 is 1.73 bits per heavy atom. The minimum Gasteiger partial charge on any atom is -0.323 e. The van der Waals surface area contributed by atoms with Crippen LogP contribution in [0.2, 0.25) is 10.0 Å². The average Bonchev–Trinajstić information content (AvgIpc) is 2.07. The predicted molar refractivity (Wildman–Crippen MR) is 58.4 cm³/mol. The zero-order valence-corrected chi connectivity index (χ0v) is 9.51. The Kier molecular flexibility index (Phi) is 5.88. The van der Waals surface area contributed by atoms with Crippen LogP contribution in [0.1, 0.15) is 0 Å². The zero-order chi connectivity index (χ0) is 12.1. The van der Waals surface area contributed by atoms with Crippen molar-refractivity contribution < 1.29 is 17.5 Å². The van der Waals surface area contributed by atoms with Crippen LogP contribution in [0, 0.1) is 0 Å². The Bertz CT molecular complexity index is 415. The molecule has 1 aromatic carbocycles. The second-order valence-corrected chi connectivity index (χ2v) is 3.87. The molecule has 0 aliphatic carbocycles. The summed E-state index contributed by atoms with van der Waals surface area (Å²) >= 11 is 11.4. The minimum atomic E-state index is -4.67. The highest BCUT2D eigenvalue weighted by Gasteiger charge is 2.00. The summed E-state index contributed by atoms with van der Waals surface area (Å²) < 4.78 is 31.6. The fraction of sp³-hybridized carbons (Fsp3) is 0. The number of nitrogen functional groups attached to an aromatic ring is 1. The highest BCUT2D eigenvalue weighted by molar-refractivity contribution is 7.79. The second kappa shape index (κ2) is 6.11. The lowest BCUT2D eigenvalue weighted by Gasteiger charge is -2.02. The number of benzene rings is 1. The van der Waals surface area contributed by atoms with E-state index in [1.807, 2.05) is 0 Å². The Hall–Kier alpha value is -0.570. The van der Waals surface area contributed by atoms with Crippen molar-refractivity contribution in [1.29, 1.82) is 0 Å². The fourth-order valence-corrected chi connectivity index (χ4v) is 0.970. The third-order valence-corrected chi connectivity index (χ3v) is 1.93. The molecule has 0 fully saturated rings. The first kappa shape index (κ1) is 14.4. The normalized spacial score (nSPS) is 10.2. The average molecular weight is 275 g/mol. The van der Waals surface area contributed by atoms with E-state index in [-0.39, 0.29) is 0 Å². The van der Waals surface area contributed by atoms with Gasteiger partial charge in [0.1, 0.15) is 0 Å². The van der Waals surface area contributed by atoms with E-state index in [2.05, 4.69) is 5.43 Å². The van der Waals surface area contributed by atoms with E-state index in [1.165, 1.54) is 0 Å². The summed E-state index contributed by atoms with van der Waals surface area (Å²) in [5, 5.41) is 0.948. The van der Waals surface area contributed by atoms with Crippen LogP contribution in [0.4, 0.5) is 5.69 Å². The van der Waals surface area contributed by atoms with Crippen molar-refractivity contribution in [1.82, 2.24) is 0 Å². The topological polar surface area (TPSA) is 113 Å². The molecule has 0 radical (unpaired) electrons. The number of hydrazine groups is 1. The van der Waals surface area contributed by atoms with Gasteiger partial charge < -0.3 is 5.43 Å². The van der Waals surface area contributed by atoms with Crippen LogP contribution in [-0.2, 0) is 10.4 Å². The Morgan fingerprint density at radius 1 is 1.27 bits per heavy atom. The highest BCUT2D eigenvalue weighted by atomic mass is 35.5. The molecule has 0 unspecified atom stereocenters. The number of hydrogen-bond acceptors (Lipinski definition) is 4. The first-order valence-electron chi connectivity index (χ1n) is 3.36. The summed E-state index contributed by atoms with van der Waals surface area (Å²) in [6.45, 7) is 0. The van der Waals surface area contributed by atoms with Crippen molar-refractivity contribution >= 4 is 39.3 Å². The van der Waals surface area contributed by atoms with Crippen LogP contribution >= 0.6 is 23.2 Å². The number of anilines is 1. The quantitative estimate of drug-likeness (QED) is 0.352. The van der Waals surface area contributed by atoms with Gasteiger partial charge in [-0.1, -0.05) is 29.3 Å². The van der Waals surface area contributed by atoms with Gasteiger partial charge in [-0.15, -0.1) is 0 Å². The van der Waals surface area contributed by atoms with Crippen molar-refractivity contribution in [2.75, 3.05) is 5.43 Å². The van der Waals surface area contributed by atoms with Gasteiger partial charge in [0.05, 0.1) is 15.7 Å². The van der Waals surface area contributed by atoms with Crippen LogP contribution in [0.15, 0.2) is 18.2 Å². The third kappa shape index (κ3) is 7.37. The largest absolute Gasteiger partial charge is 0.394 e. The zero-order valence-electron chi connectivity index (χ0n) is 7.18. The summed E-state index contributed by atoms with van der Waals surface area (Å²) in [4.78, 5) is 0. The summed E-state index contributed by atoms with van der Waals surface area (Å²) in [7, 11) is -4.67. The standard InChI is InChI=1S/C6H6Cl2N2.H2O4S/c7-4-2-1-3-5(10-9)6(4)8;1-5(2,3)4/h1-3,10H,9H2;(H2,1,2,3,4). The van der Waals surface area contributed by atoms with Gasteiger partial charge in [0.2, 0.25) is 0 Å². The third-order valence-electron chi connectivity index (χ3n) is 1.11. The van der Waals surface area contributed by atoms with Gasteiger partial charge in [0, 0.05) is 0 Å². The maximum Gasteiger partial charge on any atom is 0.394 e. The number of nitrogens with one attached hydrogen (secondary N) is 1. The lowest BCUT2D eigenvalue weighted by Crippen LogP contribution is -2.06. The molecule has 15 heavy (non-hydrogen) atoms. The van der Waals surface area contributed by atoms with Crippen molar-refractivity contribution in [2.45, 2.75) is 0 Å². The van der Waals surface area contributed by atoms with E-state index in [0.717, 1.165) is 0 Å². The first-order valence-corrected chi connectivity index (χ1v) is 5.51.